The SMILES string of the molecule is COc1cccc(OC)c1C(=O)O[C@@H](C)C(=O)c1ccccc1. The molecule has 23 heavy (non-hydrogen) atoms. The second kappa shape index (κ2) is 7.45. The monoisotopic (exact) mass is 314 g/mol. The van der Waals surface area contributed by atoms with E-state index in [-0.39, 0.29) is 11.3 Å². The highest BCUT2D eigenvalue weighted by Gasteiger charge is 2.25. The summed E-state index contributed by atoms with van der Waals surface area (Å²) in [5, 5.41) is 0. The van der Waals surface area contributed by atoms with Crippen LogP contribution in [-0.4, -0.2) is 32.1 Å². The topological polar surface area (TPSA) is 61.8 Å². The van der Waals surface area contributed by atoms with Crippen LogP contribution in [0.25, 0.3) is 0 Å². The van der Waals surface area contributed by atoms with Crippen LogP contribution in [-0.2, 0) is 4.74 Å². The van der Waals surface area contributed by atoms with E-state index < -0.39 is 12.1 Å². The first kappa shape index (κ1) is 16.5. The number of carbonyl (C=O) groups is 2. The fraction of sp³-hybridized carbons (Fsp3) is 0.222. The van der Waals surface area contributed by atoms with Crippen LogP contribution in [0.3, 0.4) is 0 Å². The van der Waals surface area contributed by atoms with Gasteiger partial charge in [0.1, 0.15) is 17.1 Å². The number of methoxy groups -OCH3 is 2. The standard InChI is InChI=1S/C18H18O5/c1-12(17(19)13-8-5-4-6-9-13)23-18(20)16-14(21-2)10-7-11-15(16)22-3/h4-12H,1-3H3/t12-/m0/s1. The van der Waals surface area contributed by atoms with Crippen LogP contribution in [0.5, 0.6) is 11.5 Å². The molecule has 0 amide bonds. The zero-order chi connectivity index (χ0) is 16.8. The van der Waals surface area contributed by atoms with Crippen LogP contribution in [0.4, 0.5) is 0 Å². The number of ether oxygens (including phenoxy) is 3. The lowest BCUT2D eigenvalue weighted by Gasteiger charge is -2.15. The number of rotatable bonds is 6. The van der Waals surface area contributed by atoms with Crippen molar-refractivity contribution < 1.29 is 23.8 Å². The summed E-state index contributed by atoms with van der Waals surface area (Å²) >= 11 is 0. The molecule has 2 aromatic rings. The van der Waals surface area contributed by atoms with Crippen molar-refractivity contribution in [2.24, 2.45) is 0 Å². The Labute approximate surface area is 134 Å². The molecule has 5 heteroatoms. The second-order valence-corrected chi connectivity index (χ2v) is 4.82. The molecule has 0 radical (unpaired) electrons. The summed E-state index contributed by atoms with van der Waals surface area (Å²) in [5.74, 6) is -0.286. The van der Waals surface area contributed by atoms with Crippen molar-refractivity contribution in [3.63, 3.8) is 0 Å². The first-order valence-corrected chi connectivity index (χ1v) is 7.09. The van der Waals surface area contributed by atoms with Crippen LogP contribution in [0.15, 0.2) is 48.5 Å². The maximum atomic E-state index is 12.4. The van der Waals surface area contributed by atoms with E-state index in [4.69, 9.17) is 14.2 Å². The second-order valence-electron chi connectivity index (χ2n) is 4.82. The van der Waals surface area contributed by atoms with Crippen molar-refractivity contribution >= 4 is 11.8 Å². The van der Waals surface area contributed by atoms with Gasteiger partial charge in [0, 0.05) is 5.56 Å². The van der Waals surface area contributed by atoms with E-state index in [2.05, 4.69) is 0 Å². The van der Waals surface area contributed by atoms with E-state index in [1.165, 1.54) is 21.1 Å². The number of ketones is 1. The summed E-state index contributed by atoms with van der Waals surface area (Å²) in [4.78, 5) is 24.7. The van der Waals surface area contributed by atoms with Crippen LogP contribution >= 0.6 is 0 Å². The third-order valence-electron chi connectivity index (χ3n) is 3.34. The molecule has 5 nitrogen and oxygen atoms in total. The lowest BCUT2D eigenvalue weighted by Crippen LogP contribution is -2.25. The zero-order valence-corrected chi connectivity index (χ0v) is 13.2. The van der Waals surface area contributed by atoms with Gasteiger partial charge in [-0.25, -0.2) is 4.79 Å². The number of Topliss-reactive ketones (excluding diaryl/α,β-unsaturated/α-hetero) is 1. The molecule has 2 aromatic carbocycles. The van der Waals surface area contributed by atoms with Gasteiger partial charge in [-0.05, 0) is 19.1 Å². The Balaban J connectivity index is 2.21. The van der Waals surface area contributed by atoms with Crippen molar-refractivity contribution in [3.05, 3.63) is 59.7 Å². The first-order valence-electron chi connectivity index (χ1n) is 7.09. The van der Waals surface area contributed by atoms with E-state index in [0.717, 1.165) is 0 Å². The van der Waals surface area contributed by atoms with E-state index in [1.807, 2.05) is 6.07 Å². The molecular formula is C18H18O5. The van der Waals surface area contributed by atoms with Gasteiger partial charge in [0.15, 0.2) is 6.10 Å². The zero-order valence-electron chi connectivity index (χ0n) is 13.2. The molecule has 120 valence electrons. The van der Waals surface area contributed by atoms with Gasteiger partial charge in [-0.15, -0.1) is 0 Å². The largest absolute Gasteiger partial charge is 0.496 e. The minimum atomic E-state index is -0.917. The Bertz CT molecular complexity index is 672. The molecular weight excluding hydrogens is 296 g/mol. The summed E-state index contributed by atoms with van der Waals surface area (Å²) in [6.45, 7) is 1.54. The summed E-state index contributed by atoms with van der Waals surface area (Å²) in [7, 11) is 2.90. The fourth-order valence-corrected chi connectivity index (χ4v) is 2.16. The van der Waals surface area contributed by atoms with Gasteiger partial charge in [0.25, 0.3) is 0 Å². The highest BCUT2D eigenvalue weighted by atomic mass is 16.6. The molecule has 0 bridgehead atoms. The third-order valence-corrected chi connectivity index (χ3v) is 3.34. The summed E-state index contributed by atoms with van der Waals surface area (Å²) < 4.78 is 15.6. The molecule has 0 aliphatic carbocycles. The first-order chi connectivity index (χ1) is 11.1. The molecule has 0 unspecified atom stereocenters. The predicted molar refractivity (Wildman–Crippen MR) is 85.2 cm³/mol. The van der Waals surface area contributed by atoms with Crippen LogP contribution in [0.1, 0.15) is 27.6 Å². The number of hydrogen-bond acceptors (Lipinski definition) is 5. The number of esters is 1. The molecule has 0 fully saturated rings. The van der Waals surface area contributed by atoms with E-state index in [9.17, 15) is 9.59 Å². The van der Waals surface area contributed by atoms with Crippen molar-refractivity contribution in [2.45, 2.75) is 13.0 Å². The molecule has 0 spiro atoms. The maximum Gasteiger partial charge on any atom is 0.346 e. The Hall–Kier alpha value is -2.82. The fourth-order valence-electron chi connectivity index (χ4n) is 2.16. The van der Waals surface area contributed by atoms with E-state index in [1.54, 1.807) is 42.5 Å². The van der Waals surface area contributed by atoms with E-state index in [0.29, 0.717) is 17.1 Å². The maximum absolute atomic E-state index is 12.4. The lowest BCUT2D eigenvalue weighted by molar-refractivity contribution is 0.0313. The Morgan fingerprint density at radius 1 is 0.870 bits per heavy atom. The van der Waals surface area contributed by atoms with E-state index >= 15 is 0 Å². The molecule has 0 N–H and O–H groups in total. The van der Waals surface area contributed by atoms with Crippen LogP contribution in [0.2, 0.25) is 0 Å². The predicted octanol–water partition coefficient (Wildman–Crippen LogP) is 3.13. The number of benzene rings is 2. The Kier molecular flexibility index (Phi) is 5.36. The molecule has 1 atom stereocenters. The van der Waals surface area contributed by atoms with Crippen molar-refractivity contribution in [1.82, 2.24) is 0 Å². The van der Waals surface area contributed by atoms with Gasteiger partial charge in [0.2, 0.25) is 5.78 Å². The minimum Gasteiger partial charge on any atom is -0.496 e. The van der Waals surface area contributed by atoms with Crippen LogP contribution in [0, 0.1) is 0 Å². The number of carbonyl (C=O) groups excluding carboxylic acids is 2. The van der Waals surface area contributed by atoms with Gasteiger partial charge in [-0.2, -0.15) is 0 Å². The molecule has 0 aromatic heterocycles. The van der Waals surface area contributed by atoms with Gasteiger partial charge in [-0.1, -0.05) is 36.4 Å². The smallest absolute Gasteiger partial charge is 0.346 e. The van der Waals surface area contributed by atoms with Gasteiger partial charge >= 0.3 is 5.97 Å². The van der Waals surface area contributed by atoms with Gasteiger partial charge in [0.05, 0.1) is 14.2 Å². The number of hydrogen-bond donors (Lipinski definition) is 0. The lowest BCUT2D eigenvalue weighted by atomic mass is 10.1. The average Bonchev–Trinajstić information content (AvgIpc) is 2.60. The molecule has 0 aliphatic heterocycles. The highest BCUT2D eigenvalue weighted by Crippen LogP contribution is 2.29. The molecule has 0 saturated heterocycles. The Morgan fingerprint density at radius 3 is 1.96 bits per heavy atom. The molecule has 0 saturated carbocycles. The molecule has 2 rings (SSSR count). The minimum absolute atomic E-state index is 0.158. The summed E-state index contributed by atoms with van der Waals surface area (Å²) in [6, 6.07) is 13.6. The highest BCUT2D eigenvalue weighted by molar-refractivity contribution is 6.02. The normalized spacial score (nSPS) is 11.4. The van der Waals surface area contributed by atoms with Gasteiger partial charge in [-0.3, -0.25) is 4.79 Å². The Morgan fingerprint density at radius 2 is 1.43 bits per heavy atom. The van der Waals surface area contributed by atoms with Crippen molar-refractivity contribution in [1.29, 1.82) is 0 Å². The average molecular weight is 314 g/mol. The molecule has 0 heterocycles. The molecule has 0 aliphatic rings. The quantitative estimate of drug-likeness (QED) is 0.605. The van der Waals surface area contributed by atoms with Gasteiger partial charge < -0.3 is 14.2 Å². The summed E-state index contributed by atoms with van der Waals surface area (Å²) in [5.41, 5.74) is 0.644. The van der Waals surface area contributed by atoms with Crippen LogP contribution < -0.4 is 9.47 Å². The van der Waals surface area contributed by atoms with Crippen molar-refractivity contribution in [2.75, 3.05) is 14.2 Å². The third kappa shape index (κ3) is 3.69. The van der Waals surface area contributed by atoms with Crippen molar-refractivity contribution in [3.8, 4) is 11.5 Å². The summed E-state index contributed by atoms with van der Waals surface area (Å²) in [6.07, 6.45) is -0.917.